The summed E-state index contributed by atoms with van der Waals surface area (Å²) in [6, 6.07) is 5.45. The normalized spacial score (nSPS) is 16.1. The molecule has 154 valence electrons. The molecule has 2 N–H and O–H groups in total. The van der Waals surface area contributed by atoms with Gasteiger partial charge in [0.2, 0.25) is 0 Å². The van der Waals surface area contributed by atoms with Crippen LogP contribution in [-0.2, 0) is 25.1 Å². The molecule has 1 fully saturated rings. The predicted octanol–water partition coefficient (Wildman–Crippen LogP) is 1.93. The van der Waals surface area contributed by atoms with Gasteiger partial charge in [0, 0.05) is 12.3 Å². The van der Waals surface area contributed by atoms with Crippen LogP contribution in [0.4, 0.5) is 4.79 Å². The predicted molar refractivity (Wildman–Crippen MR) is 103 cm³/mol. The molecule has 1 aromatic rings. The first-order chi connectivity index (χ1) is 13.1. The second-order valence-corrected chi connectivity index (χ2v) is 9.26. The number of hydrogen-bond donors (Lipinski definition) is 2. The number of rotatable bonds is 6. The minimum Gasteiger partial charge on any atom is -0.449 e. The van der Waals surface area contributed by atoms with Gasteiger partial charge in [0.15, 0.2) is 15.9 Å². The largest absolute Gasteiger partial charge is 0.449 e. The van der Waals surface area contributed by atoms with Crippen molar-refractivity contribution in [3.05, 3.63) is 35.4 Å². The zero-order valence-corrected chi connectivity index (χ0v) is 16.9. The first-order valence-electron chi connectivity index (χ1n) is 9.23. The van der Waals surface area contributed by atoms with E-state index in [-0.39, 0.29) is 17.4 Å². The highest BCUT2D eigenvalue weighted by molar-refractivity contribution is 7.89. The molecule has 3 amide bonds. The number of esters is 1. The molecule has 0 unspecified atom stereocenters. The second-order valence-electron chi connectivity index (χ2n) is 7.12. The van der Waals surface area contributed by atoms with Crippen LogP contribution in [0, 0.1) is 0 Å². The molecule has 2 rings (SSSR count). The Kier molecular flexibility index (Phi) is 7.56. The molecule has 1 aliphatic carbocycles. The second kappa shape index (κ2) is 9.68. The van der Waals surface area contributed by atoms with Gasteiger partial charge >= 0.3 is 12.0 Å². The molecule has 1 saturated carbocycles. The lowest BCUT2D eigenvalue weighted by Crippen LogP contribution is -2.48. The third-order valence-corrected chi connectivity index (χ3v) is 5.28. The number of ether oxygens (including phenoxy) is 1. The molecule has 0 aromatic heterocycles. The summed E-state index contributed by atoms with van der Waals surface area (Å²) < 4.78 is 27.9. The fourth-order valence-electron chi connectivity index (χ4n) is 3.05. The number of sulfone groups is 1. The van der Waals surface area contributed by atoms with E-state index in [2.05, 4.69) is 10.6 Å². The fourth-order valence-corrected chi connectivity index (χ4v) is 3.84. The van der Waals surface area contributed by atoms with E-state index >= 15 is 0 Å². The molecule has 9 heteroatoms. The summed E-state index contributed by atoms with van der Waals surface area (Å²) in [6.07, 6.45) is 4.94. The van der Waals surface area contributed by atoms with Gasteiger partial charge in [0.1, 0.15) is 0 Å². The van der Waals surface area contributed by atoms with Gasteiger partial charge in [-0.15, -0.1) is 0 Å². The van der Waals surface area contributed by atoms with E-state index in [4.69, 9.17) is 4.74 Å². The van der Waals surface area contributed by atoms with Crippen LogP contribution in [0.3, 0.4) is 0 Å². The van der Waals surface area contributed by atoms with Crippen LogP contribution in [-0.4, -0.2) is 44.7 Å². The number of carbonyl (C=O) groups excluding carboxylic acids is 3. The first-order valence-corrected chi connectivity index (χ1v) is 11.3. The lowest BCUT2D eigenvalue weighted by molar-refractivity contribution is -0.127. The third-order valence-electron chi connectivity index (χ3n) is 4.42. The fraction of sp³-hybridized carbons (Fsp3) is 0.526. The number of hydrogen-bond acceptors (Lipinski definition) is 6. The summed E-state index contributed by atoms with van der Waals surface area (Å²) in [7, 11) is -3.24. The Morgan fingerprint density at radius 1 is 1.18 bits per heavy atom. The molecule has 1 atom stereocenters. The van der Waals surface area contributed by atoms with Crippen molar-refractivity contribution in [3.63, 3.8) is 0 Å². The third kappa shape index (κ3) is 7.30. The van der Waals surface area contributed by atoms with Gasteiger partial charge in [-0.25, -0.2) is 18.0 Å². The number of benzene rings is 1. The molecule has 1 aromatic carbocycles. The number of nitrogens with one attached hydrogen (secondary N) is 2. The smallest absolute Gasteiger partial charge is 0.338 e. The van der Waals surface area contributed by atoms with Crippen molar-refractivity contribution < 1.29 is 27.5 Å². The zero-order valence-electron chi connectivity index (χ0n) is 16.1. The molecule has 28 heavy (non-hydrogen) atoms. The molecule has 0 heterocycles. The minimum absolute atomic E-state index is 0.0528. The maximum atomic E-state index is 12.2. The van der Waals surface area contributed by atoms with Gasteiger partial charge in [-0.05, 0) is 37.5 Å². The Hall–Kier alpha value is -2.42. The number of carbonyl (C=O) groups is 3. The summed E-state index contributed by atoms with van der Waals surface area (Å²) in [5.74, 6) is -1.70. The first kappa shape index (κ1) is 21.9. The molecular weight excluding hydrogens is 384 g/mol. The Balaban J connectivity index is 1.87. The lowest BCUT2D eigenvalue weighted by Gasteiger charge is -2.23. The summed E-state index contributed by atoms with van der Waals surface area (Å²) >= 11 is 0. The van der Waals surface area contributed by atoms with Crippen LogP contribution in [0.2, 0.25) is 0 Å². The molecule has 0 bridgehead atoms. The maximum Gasteiger partial charge on any atom is 0.338 e. The van der Waals surface area contributed by atoms with Crippen molar-refractivity contribution in [2.75, 3.05) is 6.26 Å². The van der Waals surface area contributed by atoms with Crippen LogP contribution in [0.25, 0.3) is 0 Å². The average molecular weight is 410 g/mol. The molecule has 0 spiro atoms. The lowest BCUT2D eigenvalue weighted by atomic mass is 9.96. The van der Waals surface area contributed by atoms with Crippen molar-refractivity contribution in [1.29, 1.82) is 0 Å². The number of amides is 3. The Labute approximate surface area is 164 Å². The Bertz CT molecular complexity index is 831. The van der Waals surface area contributed by atoms with Crippen molar-refractivity contribution >= 4 is 27.7 Å². The van der Waals surface area contributed by atoms with Crippen molar-refractivity contribution in [2.24, 2.45) is 0 Å². The Morgan fingerprint density at radius 3 is 2.50 bits per heavy atom. The molecule has 0 radical (unpaired) electrons. The highest BCUT2D eigenvalue weighted by Crippen LogP contribution is 2.17. The topological polar surface area (TPSA) is 119 Å². The van der Waals surface area contributed by atoms with Crippen LogP contribution in [0.5, 0.6) is 0 Å². The minimum atomic E-state index is -3.24. The Morgan fingerprint density at radius 2 is 1.86 bits per heavy atom. The van der Waals surface area contributed by atoms with Gasteiger partial charge < -0.3 is 10.1 Å². The summed E-state index contributed by atoms with van der Waals surface area (Å²) in [4.78, 5) is 36.2. The molecular formula is C19H26N2O6S. The van der Waals surface area contributed by atoms with Crippen LogP contribution < -0.4 is 10.6 Å². The maximum absolute atomic E-state index is 12.2. The number of urea groups is 1. The summed E-state index contributed by atoms with van der Waals surface area (Å²) in [5.41, 5.74) is 0.577. The quantitative estimate of drug-likeness (QED) is 0.692. The van der Waals surface area contributed by atoms with E-state index < -0.39 is 33.8 Å². The van der Waals surface area contributed by atoms with E-state index in [9.17, 15) is 22.8 Å². The highest BCUT2D eigenvalue weighted by atomic mass is 32.2. The van der Waals surface area contributed by atoms with Crippen LogP contribution in [0.15, 0.2) is 24.3 Å². The van der Waals surface area contributed by atoms with Gasteiger partial charge in [0.05, 0.1) is 11.3 Å². The molecule has 0 saturated heterocycles. The van der Waals surface area contributed by atoms with Crippen molar-refractivity contribution in [3.8, 4) is 0 Å². The van der Waals surface area contributed by atoms with E-state index in [1.165, 1.54) is 19.1 Å². The monoisotopic (exact) mass is 410 g/mol. The van der Waals surface area contributed by atoms with E-state index in [1.807, 2.05) is 0 Å². The molecule has 0 aliphatic heterocycles. The summed E-state index contributed by atoms with van der Waals surface area (Å²) in [5, 5.41) is 4.93. The van der Waals surface area contributed by atoms with Gasteiger partial charge in [-0.3, -0.25) is 10.1 Å². The molecule has 1 aliphatic rings. The van der Waals surface area contributed by atoms with Crippen molar-refractivity contribution in [2.45, 2.75) is 56.9 Å². The standard InChI is InChI=1S/C19H26N2O6S/c1-13(17(22)21-19(24)20-16-9-4-3-5-10-16)27-18(23)15-8-6-7-14(11-15)12-28(2,25)26/h6-8,11,13,16H,3-5,9-10,12H2,1-2H3,(H2,20,21,22,24)/t13-/m1/s1. The summed E-state index contributed by atoms with van der Waals surface area (Å²) in [6.45, 7) is 1.36. The highest BCUT2D eigenvalue weighted by Gasteiger charge is 2.23. The van der Waals surface area contributed by atoms with Gasteiger partial charge in [-0.2, -0.15) is 0 Å². The van der Waals surface area contributed by atoms with Crippen molar-refractivity contribution in [1.82, 2.24) is 10.6 Å². The van der Waals surface area contributed by atoms with E-state index in [0.29, 0.717) is 5.56 Å². The van der Waals surface area contributed by atoms with Crippen LogP contribution >= 0.6 is 0 Å². The van der Waals surface area contributed by atoms with E-state index in [1.54, 1.807) is 12.1 Å². The van der Waals surface area contributed by atoms with Gasteiger partial charge in [-0.1, -0.05) is 31.4 Å². The van der Waals surface area contributed by atoms with Crippen LogP contribution in [0.1, 0.15) is 54.9 Å². The average Bonchev–Trinajstić information content (AvgIpc) is 2.61. The SMILES string of the molecule is C[C@@H](OC(=O)c1cccc(CS(C)(=O)=O)c1)C(=O)NC(=O)NC1CCCCC1. The zero-order chi connectivity index (χ0) is 20.7. The van der Waals surface area contributed by atoms with E-state index in [0.717, 1.165) is 38.4 Å². The molecule has 8 nitrogen and oxygen atoms in total. The number of imide groups is 1. The van der Waals surface area contributed by atoms with Gasteiger partial charge in [0.25, 0.3) is 5.91 Å².